The zero-order valence-electron chi connectivity index (χ0n) is 15.2. The van der Waals surface area contributed by atoms with E-state index >= 15 is 0 Å². The molecular formula is C17H30N2O5. The van der Waals surface area contributed by atoms with Crippen molar-refractivity contribution in [3.63, 3.8) is 0 Å². The second-order valence-corrected chi connectivity index (χ2v) is 6.90. The van der Waals surface area contributed by atoms with Crippen LogP contribution < -0.4 is 5.32 Å². The molecule has 0 radical (unpaired) electrons. The summed E-state index contributed by atoms with van der Waals surface area (Å²) in [6.07, 6.45) is 3.56. The van der Waals surface area contributed by atoms with Crippen molar-refractivity contribution in [2.75, 3.05) is 13.2 Å². The number of rotatable bonds is 9. The Labute approximate surface area is 144 Å². The molecule has 0 aromatic carbocycles. The van der Waals surface area contributed by atoms with Crippen LogP contribution in [-0.2, 0) is 19.1 Å². The average molecular weight is 342 g/mol. The van der Waals surface area contributed by atoms with Gasteiger partial charge in [0.1, 0.15) is 11.7 Å². The minimum atomic E-state index is -0.494. The Morgan fingerprint density at radius 1 is 1.33 bits per heavy atom. The molecule has 7 nitrogen and oxygen atoms in total. The summed E-state index contributed by atoms with van der Waals surface area (Å²) in [4.78, 5) is 28.4. The topological polar surface area (TPSA) is 86.2 Å². The first kappa shape index (κ1) is 20.3. The number of nitrogens with zero attached hydrogens (tertiary/aromatic N) is 1. The quantitative estimate of drug-likeness (QED) is 0.514. The average Bonchev–Trinajstić information content (AvgIpc) is 2.89. The fraction of sp³-hybridized carbons (Fsp3) is 0.824. The smallest absolute Gasteiger partial charge is 0.407 e. The van der Waals surface area contributed by atoms with E-state index in [-0.39, 0.29) is 18.5 Å². The van der Waals surface area contributed by atoms with Crippen molar-refractivity contribution in [2.24, 2.45) is 5.16 Å². The molecule has 7 heteroatoms. The molecule has 0 saturated heterocycles. The summed E-state index contributed by atoms with van der Waals surface area (Å²) in [5, 5.41) is 6.71. The van der Waals surface area contributed by atoms with E-state index in [0.717, 1.165) is 31.4 Å². The van der Waals surface area contributed by atoms with Crippen LogP contribution in [-0.4, -0.2) is 42.6 Å². The van der Waals surface area contributed by atoms with Gasteiger partial charge in [0.25, 0.3) is 0 Å². The van der Waals surface area contributed by atoms with Crippen molar-refractivity contribution >= 4 is 17.8 Å². The van der Waals surface area contributed by atoms with Crippen LogP contribution in [0.5, 0.6) is 0 Å². The predicted molar refractivity (Wildman–Crippen MR) is 90.9 cm³/mol. The van der Waals surface area contributed by atoms with Crippen LogP contribution in [0.4, 0.5) is 4.79 Å². The van der Waals surface area contributed by atoms with E-state index in [0.29, 0.717) is 19.6 Å². The van der Waals surface area contributed by atoms with Crippen LogP contribution in [0.3, 0.4) is 0 Å². The summed E-state index contributed by atoms with van der Waals surface area (Å²) in [6.45, 7) is 8.50. The molecule has 1 unspecified atom stereocenters. The first-order valence-corrected chi connectivity index (χ1v) is 8.64. The lowest BCUT2D eigenvalue weighted by Crippen LogP contribution is -2.33. The van der Waals surface area contributed by atoms with Crippen molar-refractivity contribution in [3.05, 3.63) is 0 Å². The second-order valence-electron chi connectivity index (χ2n) is 6.90. The Kier molecular flexibility index (Phi) is 8.57. The number of alkyl carbamates (subject to hydrolysis) is 1. The standard InChI is InChI=1S/C17H30N2O5/c1-5-6-10-22-15(20)12-14-11-13(19-24-14)8-7-9-18-16(21)23-17(2,3)4/h14H,5-12H2,1-4H3,(H,18,21). The Morgan fingerprint density at radius 2 is 2.08 bits per heavy atom. The molecule has 0 fully saturated rings. The number of carbonyl (C=O) groups is 2. The molecule has 24 heavy (non-hydrogen) atoms. The molecule has 0 aliphatic carbocycles. The van der Waals surface area contributed by atoms with Crippen molar-refractivity contribution < 1.29 is 23.9 Å². The van der Waals surface area contributed by atoms with Gasteiger partial charge >= 0.3 is 12.1 Å². The van der Waals surface area contributed by atoms with Gasteiger partial charge in [-0.15, -0.1) is 0 Å². The highest BCUT2D eigenvalue weighted by Gasteiger charge is 2.24. The molecule has 0 saturated carbocycles. The SMILES string of the molecule is CCCCOC(=O)CC1CC(CCCNC(=O)OC(C)(C)C)=NO1. The van der Waals surface area contributed by atoms with Gasteiger partial charge in [-0.05, 0) is 40.0 Å². The minimum Gasteiger partial charge on any atom is -0.466 e. The van der Waals surface area contributed by atoms with E-state index in [1.165, 1.54) is 0 Å². The molecule has 1 aliphatic rings. The zero-order chi connectivity index (χ0) is 18.0. The third-order valence-electron chi connectivity index (χ3n) is 3.26. The molecule has 0 aromatic heterocycles. The zero-order valence-corrected chi connectivity index (χ0v) is 15.2. The second kappa shape index (κ2) is 10.2. The Balaban J connectivity index is 2.10. The van der Waals surface area contributed by atoms with Crippen LogP contribution >= 0.6 is 0 Å². The first-order valence-electron chi connectivity index (χ1n) is 8.64. The van der Waals surface area contributed by atoms with E-state index in [2.05, 4.69) is 10.5 Å². The van der Waals surface area contributed by atoms with Crippen LogP contribution in [0, 0.1) is 0 Å². The van der Waals surface area contributed by atoms with Gasteiger partial charge in [0.15, 0.2) is 0 Å². The molecule has 1 rings (SSSR count). The van der Waals surface area contributed by atoms with Gasteiger partial charge in [0.2, 0.25) is 0 Å². The lowest BCUT2D eigenvalue weighted by Gasteiger charge is -2.19. The van der Waals surface area contributed by atoms with Gasteiger partial charge in [-0.25, -0.2) is 4.79 Å². The number of amides is 1. The Hall–Kier alpha value is -1.79. The highest BCUT2D eigenvalue weighted by molar-refractivity contribution is 5.86. The van der Waals surface area contributed by atoms with Crippen LogP contribution in [0.15, 0.2) is 5.16 Å². The summed E-state index contributed by atoms with van der Waals surface area (Å²) in [5.74, 6) is -0.239. The summed E-state index contributed by atoms with van der Waals surface area (Å²) in [5.41, 5.74) is 0.416. The van der Waals surface area contributed by atoms with Gasteiger partial charge in [-0.3, -0.25) is 4.79 Å². The highest BCUT2D eigenvalue weighted by atomic mass is 16.6. The molecule has 1 atom stereocenters. The molecular weight excluding hydrogens is 312 g/mol. The van der Waals surface area contributed by atoms with Gasteiger partial charge in [0.05, 0.1) is 18.7 Å². The molecule has 1 aliphatic heterocycles. The van der Waals surface area contributed by atoms with E-state index in [1.54, 1.807) is 0 Å². The Bertz CT molecular complexity index is 443. The van der Waals surface area contributed by atoms with E-state index in [9.17, 15) is 9.59 Å². The predicted octanol–water partition coefficient (Wildman–Crippen LogP) is 3.17. The molecule has 0 aromatic rings. The number of ether oxygens (including phenoxy) is 2. The summed E-state index contributed by atoms with van der Waals surface area (Å²) < 4.78 is 10.3. The number of hydrogen-bond donors (Lipinski definition) is 1. The van der Waals surface area contributed by atoms with Crippen molar-refractivity contribution in [1.82, 2.24) is 5.32 Å². The van der Waals surface area contributed by atoms with Crippen molar-refractivity contribution in [2.45, 2.75) is 77.9 Å². The third-order valence-corrected chi connectivity index (χ3v) is 3.26. The van der Waals surface area contributed by atoms with Gasteiger partial charge in [0, 0.05) is 13.0 Å². The molecule has 1 amide bonds. The molecule has 0 bridgehead atoms. The number of nitrogens with one attached hydrogen (secondary N) is 1. The number of hydrogen-bond acceptors (Lipinski definition) is 6. The first-order chi connectivity index (χ1) is 11.3. The maximum absolute atomic E-state index is 11.6. The largest absolute Gasteiger partial charge is 0.466 e. The molecule has 1 heterocycles. The molecule has 0 spiro atoms. The number of unbranched alkanes of at least 4 members (excludes halogenated alkanes) is 1. The van der Waals surface area contributed by atoms with Crippen LogP contribution in [0.2, 0.25) is 0 Å². The maximum Gasteiger partial charge on any atom is 0.407 e. The van der Waals surface area contributed by atoms with Gasteiger partial charge in [-0.1, -0.05) is 18.5 Å². The number of esters is 1. The lowest BCUT2D eigenvalue weighted by molar-refractivity contribution is -0.146. The summed E-state index contributed by atoms with van der Waals surface area (Å²) in [6, 6.07) is 0. The van der Waals surface area contributed by atoms with Crippen molar-refractivity contribution in [3.8, 4) is 0 Å². The van der Waals surface area contributed by atoms with Gasteiger partial charge < -0.3 is 19.6 Å². The lowest BCUT2D eigenvalue weighted by atomic mass is 10.1. The normalized spacial score (nSPS) is 17.0. The summed E-state index contributed by atoms with van der Waals surface area (Å²) >= 11 is 0. The monoisotopic (exact) mass is 342 g/mol. The fourth-order valence-electron chi connectivity index (χ4n) is 2.12. The minimum absolute atomic E-state index is 0.229. The van der Waals surface area contributed by atoms with E-state index in [4.69, 9.17) is 14.3 Å². The Morgan fingerprint density at radius 3 is 2.75 bits per heavy atom. The molecule has 138 valence electrons. The van der Waals surface area contributed by atoms with Gasteiger partial charge in [-0.2, -0.15) is 0 Å². The van der Waals surface area contributed by atoms with E-state index < -0.39 is 11.7 Å². The summed E-state index contributed by atoms with van der Waals surface area (Å²) in [7, 11) is 0. The fourth-order valence-corrected chi connectivity index (χ4v) is 2.12. The van der Waals surface area contributed by atoms with Crippen molar-refractivity contribution in [1.29, 1.82) is 0 Å². The van der Waals surface area contributed by atoms with E-state index in [1.807, 2.05) is 27.7 Å². The number of oxime groups is 1. The van der Waals surface area contributed by atoms with Crippen LogP contribution in [0.25, 0.3) is 0 Å². The maximum atomic E-state index is 11.6. The third kappa shape index (κ3) is 9.37. The molecule has 1 N–H and O–H groups in total. The highest BCUT2D eigenvalue weighted by Crippen LogP contribution is 2.17. The van der Waals surface area contributed by atoms with Crippen LogP contribution in [0.1, 0.15) is 66.2 Å². The number of carbonyl (C=O) groups excluding carboxylic acids is 2.